The highest BCUT2D eigenvalue weighted by atomic mass is 35.5. The molecule has 11 heavy (non-hydrogen) atoms. The van der Waals surface area contributed by atoms with Crippen molar-refractivity contribution in [2.75, 3.05) is 26.2 Å². The monoisotopic (exact) mass is 177 g/mol. The summed E-state index contributed by atoms with van der Waals surface area (Å²) >= 11 is 5.10. The van der Waals surface area contributed by atoms with E-state index in [2.05, 4.69) is 9.19 Å². The van der Waals surface area contributed by atoms with Gasteiger partial charge in [0.25, 0.3) is 0 Å². The van der Waals surface area contributed by atoms with E-state index in [0.717, 1.165) is 13.0 Å². The van der Waals surface area contributed by atoms with Gasteiger partial charge in [-0.25, -0.2) is 0 Å². The molecule has 0 atom stereocenters. The molecule has 0 aromatic carbocycles. The minimum atomic E-state index is 0.679. The first-order chi connectivity index (χ1) is 5.43. The summed E-state index contributed by atoms with van der Waals surface area (Å²) < 4.78 is 4.48. The van der Waals surface area contributed by atoms with E-state index in [1.54, 1.807) is 0 Å². The highest BCUT2D eigenvalue weighted by molar-refractivity contribution is 6.07. The summed E-state index contributed by atoms with van der Waals surface area (Å²) in [5.41, 5.74) is 0. The van der Waals surface area contributed by atoms with E-state index in [-0.39, 0.29) is 0 Å². The standard InChI is InChI=1S/C8H16ClNO/c9-11-8-4-7-10-5-2-1-3-6-10/h1-8H2. The molecule has 3 heteroatoms. The van der Waals surface area contributed by atoms with Crippen molar-refractivity contribution in [2.45, 2.75) is 25.7 Å². The second-order valence-electron chi connectivity index (χ2n) is 3.07. The predicted octanol–water partition coefficient (Wildman–Crippen LogP) is 2.03. The molecule has 0 aromatic rings. The van der Waals surface area contributed by atoms with Gasteiger partial charge in [-0.2, -0.15) is 0 Å². The summed E-state index contributed by atoms with van der Waals surface area (Å²) in [6.45, 7) is 4.36. The molecular weight excluding hydrogens is 162 g/mol. The Hall–Kier alpha value is 0.210. The van der Waals surface area contributed by atoms with Gasteiger partial charge in [-0.1, -0.05) is 6.42 Å². The first-order valence-corrected chi connectivity index (χ1v) is 4.70. The quantitative estimate of drug-likeness (QED) is 0.610. The fourth-order valence-electron chi connectivity index (χ4n) is 1.53. The molecule has 0 radical (unpaired) electrons. The van der Waals surface area contributed by atoms with Gasteiger partial charge in [0, 0.05) is 6.54 Å². The van der Waals surface area contributed by atoms with Crippen molar-refractivity contribution in [3.8, 4) is 0 Å². The SMILES string of the molecule is ClOCCCN1CCCCC1. The molecule has 0 bridgehead atoms. The molecular formula is C8H16ClNO. The minimum Gasteiger partial charge on any atom is -0.303 e. The Labute approximate surface area is 73.6 Å². The van der Waals surface area contributed by atoms with E-state index in [4.69, 9.17) is 11.9 Å². The van der Waals surface area contributed by atoms with Crippen LogP contribution in [-0.4, -0.2) is 31.1 Å². The van der Waals surface area contributed by atoms with Crippen molar-refractivity contribution in [1.82, 2.24) is 4.90 Å². The summed E-state index contributed by atoms with van der Waals surface area (Å²) in [4.78, 5) is 2.49. The fraction of sp³-hybridized carbons (Fsp3) is 1.00. The molecule has 0 spiro atoms. The number of nitrogens with zero attached hydrogens (tertiary/aromatic N) is 1. The summed E-state index contributed by atoms with van der Waals surface area (Å²) in [6.07, 6.45) is 5.19. The van der Waals surface area contributed by atoms with Crippen LogP contribution in [0.3, 0.4) is 0 Å². The number of hydrogen-bond donors (Lipinski definition) is 0. The number of likely N-dealkylation sites (tertiary alicyclic amines) is 1. The number of rotatable bonds is 4. The smallest absolute Gasteiger partial charge is 0.0694 e. The van der Waals surface area contributed by atoms with E-state index in [1.807, 2.05) is 0 Å². The lowest BCUT2D eigenvalue weighted by molar-refractivity contribution is 0.209. The number of halogens is 1. The number of hydrogen-bond acceptors (Lipinski definition) is 2. The third-order valence-corrected chi connectivity index (χ3v) is 2.30. The zero-order valence-electron chi connectivity index (χ0n) is 6.89. The molecule has 0 saturated carbocycles. The lowest BCUT2D eigenvalue weighted by Gasteiger charge is -2.25. The van der Waals surface area contributed by atoms with E-state index >= 15 is 0 Å². The van der Waals surface area contributed by atoms with Crippen LogP contribution in [0.4, 0.5) is 0 Å². The lowest BCUT2D eigenvalue weighted by Crippen LogP contribution is -2.30. The first-order valence-electron chi connectivity index (χ1n) is 4.39. The molecule has 66 valence electrons. The van der Waals surface area contributed by atoms with Crippen LogP contribution < -0.4 is 0 Å². The van der Waals surface area contributed by atoms with Crippen LogP contribution in [0.5, 0.6) is 0 Å². The third-order valence-electron chi connectivity index (χ3n) is 2.14. The summed E-state index contributed by atoms with van der Waals surface area (Å²) in [6, 6.07) is 0. The largest absolute Gasteiger partial charge is 0.303 e. The van der Waals surface area contributed by atoms with Crippen LogP contribution in [0.25, 0.3) is 0 Å². The lowest BCUT2D eigenvalue weighted by atomic mass is 10.1. The maximum absolute atomic E-state index is 5.10. The molecule has 0 aromatic heterocycles. The molecule has 1 aliphatic heterocycles. The second kappa shape index (κ2) is 5.81. The highest BCUT2D eigenvalue weighted by Gasteiger charge is 2.08. The van der Waals surface area contributed by atoms with Gasteiger partial charge in [-0.15, -0.1) is 0 Å². The zero-order chi connectivity index (χ0) is 7.94. The van der Waals surface area contributed by atoms with Crippen LogP contribution >= 0.6 is 11.9 Å². The van der Waals surface area contributed by atoms with Crippen LogP contribution in [0, 0.1) is 0 Å². The molecule has 1 rings (SSSR count). The van der Waals surface area contributed by atoms with Crippen LogP contribution in [0.15, 0.2) is 0 Å². The average molecular weight is 178 g/mol. The Balaban J connectivity index is 1.96. The second-order valence-corrected chi connectivity index (χ2v) is 3.29. The minimum absolute atomic E-state index is 0.679. The van der Waals surface area contributed by atoms with Crippen molar-refractivity contribution in [2.24, 2.45) is 0 Å². The molecule has 1 saturated heterocycles. The van der Waals surface area contributed by atoms with E-state index in [0.29, 0.717) is 6.61 Å². The van der Waals surface area contributed by atoms with Crippen molar-refractivity contribution in [1.29, 1.82) is 0 Å². The zero-order valence-corrected chi connectivity index (χ0v) is 7.65. The maximum Gasteiger partial charge on any atom is 0.0694 e. The van der Waals surface area contributed by atoms with Gasteiger partial charge < -0.3 is 4.90 Å². The highest BCUT2D eigenvalue weighted by Crippen LogP contribution is 2.08. The molecule has 0 unspecified atom stereocenters. The Kier molecular flexibility index (Phi) is 4.91. The molecule has 0 amide bonds. The molecule has 1 aliphatic rings. The van der Waals surface area contributed by atoms with E-state index in [1.165, 1.54) is 32.4 Å². The molecule has 0 N–H and O–H groups in total. The third kappa shape index (κ3) is 3.94. The topological polar surface area (TPSA) is 12.5 Å². The van der Waals surface area contributed by atoms with Gasteiger partial charge in [0.2, 0.25) is 0 Å². The van der Waals surface area contributed by atoms with Crippen molar-refractivity contribution in [3.05, 3.63) is 0 Å². The van der Waals surface area contributed by atoms with E-state index in [9.17, 15) is 0 Å². The normalized spacial score (nSPS) is 20.5. The van der Waals surface area contributed by atoms with Crippen LogP contribution in [0.1, 0.15) is 25.7 Å². The van der Waals surface area contributed by atoms with Crippen LogP contribution in [-0.2, 0) is 4.29 Å². The summed E-state index contributed by atoms with van der Waals surface area (Å²) in [5.74, 6) is 0. The van der Waals surface area contributed by atoms with Gasteiger partial charge in [0.15, 0.2) is 0 Å². The molecule has 0 aliphatic carbocycles. The molecule has 1 fully saturated rings. The van der Waals surface area contributed by atoms with Crippen molar-refractivity contribution >= 4 is 11.9 Å². The predicted molar refractivity (Wildman–Crippen MR) is 46.7 cm³/mol. The fourth-order valence-corrected chi connectivity index (χ4v) is 1.63. The number of piperidine rings is 1. The van der Waals surface area contributed by atoms with Gasteiger partial charge in [-0.3, -0.25) is 4.29 Å². The Bertz CT molecular complexity index is 94.1. The van der Waals surface area contributed by atoms with Gasteiger partial charge in [-0.05, 0) is 32.4 Å². The molecule has 2 nitrogen and oxygen atoms in total. The average Bonchev–Trinajstić information content (AvgIpc) is 2.07. The molecule has 1 heterocycles. The van der Waals surface area contributed by atoms with Crippen molar-refractivity contribution in [3.63, 3.8) is 0 Å². The maximum atomic E-state index is 5.10. The van der Waals surface area contributed by atoms with Gasteiger partial charge >= 0.3 is 0 Å². The van der Waals surface area contributed by atoms with Crippen LogP contribution in [0.2, 0.25) is 0 Å². The van der Waals surface area contributed by atoms with Crippen molar-refractivity contribution < 1.29 is 4.29 Å². The van der Waals surface area contributed by atoms with Gasteiger partial charge in [0.05, 0.1) is 18.5 Å². The summed E-state index contributed by atoms with van der Waals surface area (Å²) in [7, 11) is 0. The van der Waals surface area contributed by atoms with E-state index < -0.39 is 0 Å². The first kappa shape index (κ1) is 9.30. The Morgan fingerprint density at radius 1 is 1.18 bits per heavy atom. The summed E-state index contributed by atoms with van der Waals surface area (Å²) in [5, 5.41) is 0. The Morgan fingerprint density at radius 3 is 2.55 bits per heavy atom. The van der Waals surface area contributed by atoms with Gasteiger partial charge in [0.1, 0.15) is 0 Å². The Morgan fingerprint density at radius 2 is 1.91 bits per heavy atom.